The summed E-state index contributed by atoms with van der Waals surface area (Å²) in [7, 11) is 0. The van der Waals surface area contributed by atoms with Gasteiger partial charge in [-0.05, 0) is 38.5 Å². The second-order valence-electron chi connectivity index (χ2n) is 5.44. The molecule has 2 N–H and O–H groups in total. The lowest BCUT2D eigenvalue weighted by Gasteiger charge is -2.25. The van der Waals surface area contributed by atoms with Gasteiger partial charge in [-0.25, -0.2) is 0 Å². The number of carbonyl (C=O) groups excluding carboxylic acids is 1. The zero-order chi connectivity index (χ0) is 12.3. The number of carbonyl (C=O) groups is 1. The Balaban J connectivity index is 0.00000162. The van der Waals surface area contributed by atoms with E-state index in [-0.39, 0.29) is 30.5 Å². The summed E-state index contributed by atoms with van der Waals surface area (Å²) in [6.07, 6.45) is 5.14. The lowest BCUT2D eigenvalue weighted by Crippen LogP contribution is -2.35. The van der Waals surface area contributed by atoms with Crippen molar-refractivity contribution in [1.29, 1.82) is 0 Å². The van der Waals surface area contributed by atoms with Crippen molar-refractivity contribution in [3.63, 3.8) is 0 Å². The largest absolute Gasteiger partial charge is 0.378 e. The van der Waals surface area contributed by atoms with Crippen molar-refractivity contribution >= 4 is 18.3 Å². The summed E-state index contributed by atoms with van der Waals surface area (Å²) in [4.78, 5) is 14.1. The molecule has 2 heterocycles. The Morgan fingerprint density at radius 2 is 2.22 bits per heavy atom. The number of likely N-dealkylation sites (tertiary alicyclic amines) is 1. The normalized spacial score (nSPS) is 29.8. The molecule has 0 aliphatic carbocycles. The lowest BCUT2D eigenvalue weighted by atomic mass is 10.0. The summed E-state index contributed by atoms with van der Waals surface area (Å²) < 4.78 is 5.61. The average Bonchev–Trinajstić information content (AvgIpc) is 2.79. The van der Waals surface area contributed by atoms with Crippen molar-refractivity contribution in [2.24, 2.45) is 11.7 Å². The number of hydrogen-bond donors (Lipinski definition) is 1. The summed E-state index contributed by atoms with van der Waals surface area (Å²) >= 11 is 0. The molecule has 2 aliphatic heterocycles. The molecule has 0 aromatic rings. The maximum atomic E-state index is 12.1. The molecule has 2 fully saturated rings. The molecule has 5 heteroatoms. The van der Waals surface area contributed by atoms with E-state index in [0.29, 0.717) is 12.3 Å². The van der Waals surface area contributed by atoms with Crippen LogP contribution < -0.4 is 5.73 Å². The molecule has 1 amide bonds. The van der Waals surface area contributed by atoms with Crippen LogP contribution in [-0.2, 0) is 9.53 Å². The summed E-state index contributed by atoms with van der Waals surface area (Å²) in [5.41, 5.74) is 5.88. The molecule has 3 atom stereocenters. The number of amides is 1. The summed E-state index contributed by atoms with van der Waals surface area (Å²) in [5, 5.41) is 0. The Labute approximate surface area is 116 Å². The second kappa shape index (κ2) is 7.31. The SMILES string of the molecule is CC(N)C1CCN(C(=O)CC2CCCCO2)C1.Cl. The van der Waals surface area contributed by atoms with Crippen molar-refractivity contribution in [2.75, 3.05) is 19.7 Å². The number of ether oxygens (including phenoxy) is 1. The minimum atomic E-state index is 0. The van der Waals surface area contributed by atoms with Gasteiger partial charge >= 0.3 is 0 Å². The predicted molar refractivity (Wildman–Crippen MR) is 73.8 cm³/mol. The molecule has 4 nitrogen and oxygen atoms in total. The molecule has 0 saturated carbocycles. The van der Waals surface area contributed by atoms with Gasteiger partial charge in [0.1, 0.15) is 0 Å². The zero-order valence-electron chi connectivity index (χ0n) is 11.1. The van der Waals surface area contributed by atoms with Crippen LogP contribution in [0.25, 0.3) is 0 Å². The van der Waals surface area contributed by atoms with E-state index >= 15 is 0 Å². The highest BCUT2D eigenvalue weighted by Gasteiger charge is 2.29. The molecule has 3 unspecified atom stereocenters. The van der Waals surface area contributed by atoms with Crippen LogP contribution in [-0.4, -0.2) is 42.6 Å². The maximum Gasteiger partial charge on any atom is 0.225 e. The van der Waals surface area contributed by atoms with Crippen LogP contribution in [0.15, 0.2) is 0 Å². The molecule has 0 spiro atoms. The smallest absolute Gasteiger partial charge is 0.225 e. The molecule has 0 aromatic heterocycles. The molecule has 0 aromatic carbocycles. The highest BCUT2D eigenvalue weighted by atomic mass is 35.5. The number of nitrogens with two attached hydrogens (primary N) is 1. The molecule has 2 rings (SSSR count). The zero-order valence-corrected chi connectivity index (χ0v) is 12.0. The van der Waals surface area contributed by atoms with Crippen molar-refractivity contribution in [3.05, 3.63) is 0 Å². The molecule has 2 saturated heterocycles. The fourth-order valence-electron chi connectivity index (χ4n) is 2.74. The highest BCUT2D eigenvalue weighted by Crippen LogP contribution is 2.22. The van der Waals surface area contributed by atoms with E-state index in [4.69, 9.17) is 10.5 Å². The molecule has 0 radical (unpaired) electrons. The number of nitrogens with zero attached hydrogens (tertiary/aromatic N) is 1. The summed E-state index contributed by atoms with van der Waals surface area (Å²) in [6.45, 7) is 4.56. The van der Waals surface area contributed by atoms with Gasteiger partial charge in [0.25, 0.3) is 0 Å². The van der Waals surface area contributed by atoms with Gasteiger partial charge in [-0.1, -0.05) is 0 Å². The van der Waals surface area contributed by atoms with Crippen LogP contribution >= 0.6 is 12.4 Å². The Morgan fingerprint density at radius 3 is 2.78 bits per heavy atom. The van der Waals surface area contributed by atoms with Crippen molar-refractivity contribution < 1.29 is 9.53 Å². The predicted octanol–water partition coefficient (Wildman–Crippen LogP) is 1.56. The first kappa shape index (κ1) is 15.7. The first-order chi connectivity index (χ1) is 8.16. The lowest BCUT2D eigenvalue weighted by molar-refractivity contribution is -0.134. The second-order valence-corrected chi connectivity index (χ2v) is 5.44. The van der Waals surface area contributed by atoms with Crippen LogP contribution in [0.4, 0.5) is 0 Å². The van der Waals surface area contributed by atoms with Gasteiger partial charge in [0.05, 0.1) is 12.5 Å². The van der Waals surface area contributed by atoms with Crippen molar-refractivity contribution in [3.8, 4) is 0 Å². The first-order valence-corrected chi connectivity index (χ1v) is 6.82. The van der Waals surface area contributed by atoms with Crippen LogP contribution in [0.1, 0.15) is 39.0 Å². The molecular formula is C13H25ClN2O2. The summed E-state index contributed by atoms with van der Waals surface area (Å²) in [6, 6.07) is 0.193. The van der Waals surface area contributed by atoms with Crippen LogP contribution in [0.2, 0.25) is 0 Å². The third-order valence-corrected chi connectivity index (χ3v) is 4.00. The Hall–Kier alpha value is -0.320. The van der Waals surface area contributed by atoms with Gasteiger partial charge in [-0.3, -0.25) is 4.79 Å². The standard InChI is InChI=1S/C13H24N2O2.ClH/c1-10(14)11-5-6-15(9-11)13(16)8-12-4-2-3-7-17-12;/h10-12H,2-9,14H2,1H3;1H. The monoisotopic (exact) mass is 276 g/mol. The molecule has 106 valence electrons. The number of hydrogen-bond acceptors (Lipinski definition) is 3. The van der Waals surface area contributed by atoms with Gasteiger partial charge in [0, 0.05) is 25.7 Å². The Kier molecular flexibility index (Phi) is 6.39. The highest BCUT2D eigenvalue weighted by molar-refractivity contribution is 5.85. The van der Waals surface area contributed by atoms with Crippen molar-refractivity contribution in [2.45, 2.75) is 51.2 Å². The Bertz CT molecular complexity index is 268. The third kappa shape index (κ3) is 4.11. The van der Waals surface area contributed by atoms with Gasteiger partial charge in [0.2, 0.25) is 5.91 Å². The fourth-order valence-corrected chi connectivity index (χ4v) is 2.74. The van der Waals surface area contributed by atoms with Crippen LogP contribution in [0.5, 0.6) is 0 Å². The summed E-state index contributed by atoms with van der Waals surface area (Å²) in [5.74, 6) is 0.728. The minimum Gasteiger partial charge on any atom is -0.378 e. The molecular weight excluding hydrogens is 252 g/mol. The number of halogens is 1. The van der Waals surface area contributed by atoms with Gasteiger partial charge in [-0.2, -0.15) is 0 Å². The maximum absolute atomic E-state index is 12.1. The van der Waals surface area contributed by atoms with Gasteiger partial charge in [0.15, 0.2) is 0 Å². The third-order valence-electron chi connectivity index (χ3n) is 4.00. The molecule has 18 heavy (non-hydrogen) atoms. The van der Waals surface area contributed by atoms with E-state index in [0.717, 1.165) is 39.0 Å². The van der Waals surface area contributed by atoms with Gasteiger partial charge in [-0.15, -0.1) is 12.4 Å². The average molecular weight is 277 g/mol. The topological polar surface area (TPSA) is 55.6 Å². The van der Waals surface area contributed by atoms with E-state index in [2.05, 4.69) is 0 Å². The van der Waals surface area contributed by atoms with Crippen LogP contribution in [0, 0.1) is 5.92 Å². The van der Waals surface area contributed by atoms with Crippen molar-refractivity contribution in [1.82, 2.24) is 4.90 Å². The van der Waals surface area contributed by atoms with E-state index in [9.17, 15) is 4.79 Å². The number of rotatable bonds is 3. The Morgan fingerprint density at radius 1 is 1.44 bits per heavy atom. The quantitative estimate of drug-likeness (QED) is 0.851. The minimum absolute atomic E-state index is 0. The molecule has 0 bridgehead atoms. The fraction of sp³-hybridized carbons (Fsp3) is 0.923. The van der Waals surface area contributed by atoms with E-state index in [1.54, 1.807) is 0 Å². The molecule has 2 aliphatic rings. The van der Waals surface area contributed by atoms with E-state index < -0.39 is 0 Å². The van der Waals surface area contributed by atoms with Gasteiger partial charge < -0.3 is 15.4 Å². The first-order valence-electron chi connectivity index (χ1n) is 6.82. The van der Waals surface area contributed by atoms with Crippen LogP contribution in [0.3, 0.4) is 0 Å². The van der Waals surface area contributed by atoms with E-state index in [1.165, 1.54) is 6.42 Å². The van der Waals surface area contributed by atoms with E-state index in [1.807, 2.05) is 11.8 Å².